The second-order valence-electron chi connectivity index (χ2n) is 6.98. The van der Waals surface area contributed by atoms with Crippen molar-refractivity contribution < 1.29 is 19.8 Å². The first-order chi connectivity index (χ1) is 14.6. The van der Waals surface area contributed by atoms with Gasteiger partial charge in [-0.15, -0.1) is 0 Å². The van der Waals surface area contributed by atoms with Crippen LogP contribution in [0, 0.1) is 23.7 Å². The Kier molecular flexibility index (Phi) is 7.67. The minimum Gasteiger partial charge on any atom is -0.391 e. The van der Waals surface area contributed by atoms with Crippen molar-refractivity contribution in [1.82, 2.24) is 15.3 Å². The molecule has 1 amide bonds. The Morgan fingerprint density at radius 2 is 1.90 bits per heavy atom. The van der Waals surface area contributed by atoms with Crippen LogP contribution in [0.25, 0.3) is 0 Å². The molecule has 3 N–H and O–H groups in total. The van der Waals surface area contributed by atoms with Crippen LogP contribution < -0.4 is 5.48 Å². The minimum absolute atomic E-state index is 0.272. The van der Waals surface area contributed by atoms with Gasteiger partial charge in [0, 0.05) is 30.4 Å². The molecular formula is C23H25N3O4. The average molecular weight is 407 g/mol. The number of benzene rings is 1. The topological polar surface area (TPSA) is 85.3 Å². The Hall–Kier alpha value is -3.07. The maximum absolute atomic E-state index is 12.3. The van der Waals surface area contributed by atoms with Crippen LogP contribution in [-0.2, 0) is 9.53 Å². The van der Waals surface area contributed by atoms with E-state index in [9.17, 15) is 15.1 Å². The van der Waals surface area contributed by atoms with Gasteiger partial charge in [-0.1, -0.05) is 30.0 Å². The monoisotopic (exact) mass is 407 g/mol. The van der Waals surface area contributed by atoms with Crippen LogP contribution in [0.5, 0.6) is 0 Å². The zero-order chi connectivity index (χ0) is 21.3. The smallest absolute Gasteiger partial charge is 0.268 e. The number of hydrogen-bond acceptors (Lipinski definition) is 6. The summed E-state index contributed by atoms with van der Waals surface area (Å²) in [6.07, 6.45) is 4.25. The summed E-state index contributed by atoms with van der Waals surface area (Å²) in [5.74, 6) is 10.9. The lowest BCUT2D eigenvalue weighted by Gasteiger charge is -2.44. The Labute approximate surface area is 176 Å². The predicted octanol–water partition coefficient (Wildman–Crippen LogP) is 0.710. The molecule has 0 saturated carbocycles. The SMILES string of the molecule is C[C@@H](O)[C@@H](C(=O)NO)N1C=C(C#CC#Cc2ccccc2)C=CC1N1CCOCC1. The van der Waals surface area contributed by atoms with Gasteiger partial charge in [0.2, 0.25) is 0 Å². The van der Waals surface area contributed by atoms with Crippen molar-refractivity contribution in [2.75, 3.05) is 26.3 Å². The molecule has 7 nitrogen and oxygen atoms in total. The van der Waals surface area contributed by atoms with Gasteiger partial charge in [0.05, 0.1) is 19.3 Å². The molecule has 7 heteroatoms. The van der Waals surface area contributed by atoms with E-state index < -0.39 is 18.1 Å². The number of nitrogens with one attached hydrogen (secondary N) is 1. The molecule has 1 unspecified atom stereocenters. The number of allylic oxidation sites excluding steroid dienone is 2. The van der Waals surface area contributed by atoms with E-state index in [1.165, 1.54) is 6.92 Å². The fraction of sp³-hybridized carbons (Fsp3) is 0.348. The van der Waals surface area contributed by atoms with Crippen molar-refractivity contribution >= 4 is 5.91 Å². The molecule has 2 heterocycles. The molecule has 156 valence electrons. The molecule has 1 saturated heterocycles. The van der Waals surface area contributed by atoms with E-state index in [0.717, 1.165) is 5.56 Å². The van der Waals surface area contributed by atoms with Crippen LogP contribution in [0.3, 0.4) is 0 Å². The van der Waals surface area contributed by atoms with Crippen molar-refractivity contribution in [3.05, 3.63) is 59.8 Å². The number of aliphatic hydroxyl groups is 1. The molecule has 2 aliphatic heterocycles. The molecule has 3 atom stereocenters. The van der Waals surface area contributed by atoms with Crippen molar-refractivity contribution in [2.24, 2.45) is 0 Å². The van der Waals surface area contributed by atoms with Crippen LogP contribution in [0.15, 0.2) is 54.3 Å². The van der Waals surface area contributed by atoms with E-state index in [2.05, 4.69) is 28.6 Å². The summed E-state index contributed by atoms with van der Waals surface area (Å²) in [5.41, 5.74) is 3.19. The number of carbonyl (C=O) groups excluding carboxylic acids is 1. The van der Waals surface area contributed by atoms with Gasteiger partial charge in [0.15, 0.2) is 0 Å². The van der Waals surface area contributed by atoms with E-state index in [0.29, 0.717) is 31.9 Å². The first kappa shape index (κ1) is 21.6. The third kappa shape index (κ3) is 5.50. The van der Waals surface area contributed by atoms with Crippen LogP contribution in [-0.4, -0.2) is 70.6 Å². The predicted molar refractivity (Wildman–Crippen MR) is 112 cm³/mol. The molecule has 30 heavy (non-hydrogen) atoms. The second-order valence-corrected chi connectivity index (χ2v) is 6.98. The molecule has 0 bridgehead atoms. The molecule has 0 spiro atoms. The van der Waals surface area contributed by atoms with Gasteiger partial charge in [-0.05, 0) is 43.0 Å². The zero-order valence-corrected chi connectivity index (χ0v) is 16.8. The minimum atomic E-state index is -1.02. The van der Waals surface area contributed by atoms with Gasteiger partial charge >= 0.3 is 0 Å². The summed E-state index contributed by atoms with van der Waals surface area (Å²) in [6, 6.07) is 8.58. The molecule has 3 rings (SSSR count). The van der Waals surface area contributed by atoms with Gasteiger partial charge < -0.3 is 14.7 Å². The Morgan fingerprint density at radius 1 is 1.20 bits per heavy atom. The average Bonchev–Trinajstić information content (AvgIpc) is 2.78. The van der Waals surface area contributed by atoms with Crippen LogP contribution in [0.4, 0.5) is 0 Å². The fourth-order valence-corrected chi connectivity index (χ4v) is 3.44. The fourth-order valence-electron chi connectivity index (χ4n) is 3.44. The Balaban J connectivity index is 1.86. The Bertz CT molecular complexity index is 912. The lowest BCUT2D eigenvalue weighted by Crippen LogP contribution is -2.59. The van der Waals surface area contributed by atoms with Crippen molar-refractivity contribution in [3.63, 3.8) is 0 Å². The summed E-state index contributed by atoms with van der Waals surface area (Å²) in [7, 11) is 0. The van der Waals surface area contributed by atoms with Crippen LogP contribution >= 0.6 is 0 Å². The number of aliphatic hydroxyl groups excluding tert-OH is 1. The number of hydrogen-bond donors (Lipinski definition) is 3. The van der Waals surface area contributed by atoms with E-state index in [-0.39, 0.29) is 6.17 Å². The molecular weight excluding hydrogens is 382 g/mol. The number of rotatable bonds is 4. The highest BCUT2D eigenvalue weighted by Crippen LogP contribution is 2.22. The summed E-state index contributed by atoms with van der Waals surface area (Å²) < 4.78 is 5.42. The summed E-state index contributed by atoms with van der Waals surface area (Å²) >= 11 is 0. The zero-order valence-electron chi connectivity index (χ0n) is 16.8. The van der Waals surface area contributed by atoms with Crippen molar-refractivity contribution in [3.8, 4) is 23.7 Å². The molecule has 0 aromatic heterocycles. The summed E-state index contributed by atoms with van der Waals surface area (Å²) in [4.78, 5) is 16.2. The van der Waals surface area contributed by atoms with E-state index in [4.69, 9.17) is 4.74 Å². The molecule has 2 aliphatic rings. The van der Waals surface area contributed by atoms with E-state index in [1.54, 1.807) is 16.6 Å². The van der Waals surface area contributed by atoms with E-state index in [1.807, 2.05) is 42.5 Å². The maximum Gasteiger partial charge on any atom is 0.268 e. The largest absolute Gasteiger partial charge is 0.391 e. The number of hydroxylamine groups is 1. The Morgan fingerprint density at radius 3 is 2.57 bits per heavy atom. The van der Waals surface area contributed by atoms with Gasteiger partial charge in [-0.2, -0.15) is 0 Å². The number of ether oxygens (including phenoxy) is 1. The third-order valence-electron chi connectivity index (χ3n) is 4.87. The van der Waals surface area contributed by atoms with Gasteiger partial charge in [-0.3, -0.25) is 14.9 Å². The number of nitrogens with zero attached hydrogens (tertiary/aromatic N) is 2. The molecule has 1 aromatic rings. The first-order valence-electron chi connectivity index (χ1n) is 9.78. The molecule has 0 radical (unpaired) electrons. The van der Waals surface area contributed by atoms with Gasteiger partial charge in [-0.25, -0.2) is 5.48 Å². The first-order valence-corrected chi connectivity index (χ1v) is 9.78. The summed E-state index contributed by atoms with van der Waals surface area (Å²) in [6.45, 7) is 4.08. The van der Waals surface area contributed by atoms with Crippen molar-refractivity contribution in [2.45, 2.75) is 25.2 Å². The number of morpholine rings is 1. The maximum atomic E-state index is 12.3. The van der Waals surface area contributed by atoms with Crippen LogP contribution in [0.1, 0.15) is 12.5 Å². The highest BCUT2D eigenvalue weighted by molar-refractivity contribution is 5.81. The number of carbonyl (C=O) groups is 1. The standard InChI is InChI=1S/C23H25N3O4/c1-18(27)22(23(28)24-29)26-17-20(10-6-5-9-19-7-3-2-4-8-19)11-12-21(26)25-13-15-30-16-14-25/h2-4,7-8,11-12,17-18,21-22,27,29H,13-16H2,1H3,(H,24,28)/t18-,21?,22+/m1/s1. The highest BCUT2D eigenvalue weighted by atomic mass is 16.5. The van der Waals surface area contributed by atoms with Gasteiger partial charge in [0.25, 0.3) is 5.91 Å². The second kappa shape index (κ2) is 10.6. The lowest BCUT2D eigenvalue weighted by molar-refractivity contribution is -0.140. The van der Waals surface area contributed by atoms with Crippen LogP contribution in [0.2, 0.25) is 0 Å². The normalized spacial score (nSPS) is 20.7. The lowest BCUT2D eigenvalue weighted by atomic mass is 10.0. The highest BCUT2D eigenvalue weighted by Gasteiger charge is 2.36. The number of amides is 1. The van der Waals surface area contributed by atoms with Gasteiger partial charge in [0.1, 0.15) is 12.2 Å². The van der Waals surface area contributed by atoms with E-state index >= 15 is 0 Å². The quantitative estimate of drug-likeness (QED) is 0.387. The molecule has 0 aliphatic carbocycles. The summed E-state index contributed by atoms with van der Waals surface area (Å²) in [5, 5.41) is 19.4. The van der Waals surface area contributed by atoms with Crippen molar-refractivity contribution in [1.29, 1.82) is 0 Å². The molecule has 1 fully saturated rings. The molecule has 1 aromatic carbocycles. The third-order valence-corrected chi connectivity index (χ3v) is 4.87.